The van der Waals surface area contributed by atoms with Gasteiger partial charge in [0.2, 0.25) is 0 Å². The predicted octanol–water partition coefficient (Wildman–Crippen LogP) is 2.29. The molecule has 0 unspecified atom stereocenters. The lowest BCUT2D eigenvalue weighted by atomic mass is 9.77. The van der Waals surface area contributed by atoms with Crippen LogP contribution in [0.2, 0.25) is 0 Å². The number of aryl methyl sites for hydroxylation is 1. The summed E-state index contributed by atoms with van der Waals surface area (Å²) in [6.45, 7) is 4.06. The molecule has 3 heterocycles. The first kappa shape index (κ1) is 11.0. The lowest BCUT2D eigenvalue weighted by Crippen LogP contribution is -2.22. The second-order valence-electron chi connectivity index (χ2n) is 5.52. The van der Waals surface area contributed by atoms with Gasteiger partial charge in [0.25, 0.3) is 5.89 Å². The Morgan fingerprint density at radius 3 is 2.68 bits per heavy atom. The Morgan fingerprint density at radius 2 is 2.05 bits per heavy atom. The minimum Gasteiger partial charge on any atom is -0.355 e. The normalized spacial score (nSPS) is 25.2. The summed E-state index contributed by atoms with van der Waals surface area (Å²) < 4.78 is 5.29. The minimum absolute atomic E-state index is 0.569. The van der Waals surface area contributed by atoms with Crippen LogP contribution >= 0.6 is 0 Å². The van der Waals surface area contributed by atoms with Crippen LogP contribution in [0, 0.1) is 18.8 Å². The first-order valence-corrected chi connectivity index (χ1v) is 6.82. The largest absolute Gasteiger partial charge is 0.355 e. The van der Waals surface area contributed by atoms with E-state index in [9.17, 15) is 0 Å². The number of hydrogen-bond donors (Lipinski definition) is 0. The maximum Gasteiger partial charge on any atom is 0.261 e. The highest BCUT2D eigenvalue weighted by atomic mass is 16.5. The molecule has 1 saturated heterocycles. The minimum atomic E-state index is 0.569. The number of rotatable bonds is 2. The van der Waals surface area contributed by atoms with Crippen LogP contribution in [0.15, 0.2) is 22.9 Å². The zero-order chi connectivity index (χ0) is 12.8. The van der Waals surface area contributed by atoms with Gasteiger partial charge >= 0.3 is 0 Å². The number of pyridine rings is 1. The van der Waals surface area contributed by atoms with Crippen LogP contribution < -0.4 is 4.90 Å². The Labute approximate surface area is 111 Å². The summed E-state index contributed by atoms with van der Waals surface area (Å²) in [6, 6.07) is 3.93. The molecule has 0 N–H and O–H groups in total. The number of nitrogens with zero attached hydrogens (tertiary/aromatic N) is 4. The van der Waals surface area contributed by atoms with E-state index in [0.717, 1.165) is 36.3 Å². The lowest BCUT2D eigenvalue weighted by molar-refractivity contribution is 0.243. The molecule has 1 aliphatic heterocycles. The molecule has 2 aromatic rings. The second-order valence-corrected chi connectivity index (χ2v) is 5.52. The van der Waals surface area contributed by atoms with Crippen molar-refractivity contribution >= 4 is 5.82 Å². The van der Waals surface area contributed by atoms with E-state index in [2.05, 4.69) is 20.0 Å². The fraction of sp³-hybridized carbons (Fsp3) is 0.500. The summed E-state index contributed by atoms with van der Waals surface area (Å²) in [5.41, 5.74) is 0.949. The molecular formula is C14H16N4O. The van der Waals surface area contributed by atoms with E-state index in [1.165, 1.54) is 12.8 Å². The van der Waals surface area contributed by atoms with Crippen molar-refractivity contribution in [2.75, 3.05) is 18.0 Å². The average Bonchev–Trinajstić information content (AvgIpc) is 2.95. The molecule has 1 aliphatic carbocycles. The van der Waals surface area contributed by atoms with Gasteiger partial charge in [-0.1, -0.05) is 5.16 Å². The van der Waals surface area contributed by atoms with Crippen molar-refractivity contribution in [2.24, 2.45) is 11.8 Å². The molecule has 5 nitrogen and oxygen atoms in total. The maximum atomic E-state index is 5.29. The SMILES string of the molecule is Cc1noc(-c2cccnc2N2C[C@H]3CC[C@H]3C2)n1. The van der Waals surface area contributed by atoms with Crippen LogP contribution in [0.25, 0.3) is 11.5 Å². The third-order valence-electron chi connectivity index (χ3n) is 4.33. The molecule has 2 aromatic heterocycles. The van der Waals surface area contributed by atoms with Crippen molar-refractivity contribution in [1.82, 2.24) is 15.1 Å². The fourth-order valence-electron chi connectivity index (χ4n) is 3.15. The van der Waals surface area contributed by atoms with E-state index < -0.39 is 0 Å². The van der Waals surface area contributed by atoms with Gasteiger partial charge in [0.1, 0.15) is 5.82 Å². The molecule has 0 bridgehead atoms. The van der Waals surface area contributed by atoms with Crippen molar-refractivity contribution in [2.45, 2.75) is 19.8 Å². The molecule has 0 amide bonds. The maximum absolute atomic E-state index is 5.29. The van der Waals surface area contributed by atoms with E-state index in [1.807, 2.05) is 25.3 Å². The summed E-state index contributed by atoms with van der Waals surface area (Å²) >= 11 is 0. The summed E-state index contributed by atoms with van der Waals surface area (Å²) in [5, 5.41) is 3.87. The van der Waals surface area contributed by atoms with Gasteiger partial charge in [-0.05, 0) is 43.7 Å². The van der Waals surface area contributed by atoms with Gasteiger partial charge in [-0.2, -0.15) is 4.98 Å². The molecule has 4 rings (SSSR count). The molecule has 19 heavy (non-hydrogen) atoms. The smallest absolute Gasteiger partial charge is 0.261 e. The molecule has 2 aliphatic rings. The van der Waals surface area contributed by atoms with Crippen LogP contribution in [0.1, 0.15) is 18.7 Å². The predicted molar refractivity (Wildman–Crippen MR) is 70.7 cm³/mol. The standard InChI is InChI=1S/C14H16N4O/c1-9-16-14(19-17-9)12-3-2-6-15-13(12)18-7-10-4-5-11(10)8-18/h2-3,6,10-11H,4-5,7-8H2,1H3/t10-,11+. The summed E-state index contributed by atoms with van der Waals surface area (Å²) in [7, 11) is 0. The number of hydrogen-bond acceptors (Lipinski definition) is 5. The molecular weight excluding hydrogens is 240 g/mol. The Morgan fingerprint density at radius 1 is 1.26 bits per heavy atom. The van der Waals surface area contributed by atoms with Gasteiger partial charge in [-0.3, -0.25) is 0 Å². The molecule has 0 radical (unpaired) electrons. The van der Waals surface area contributed by atoms with E-state index in [4.69, 9.17) is 4.52 Å². The van der Waals surface area contributed by atoms with Gasteiger partial charge in [-0.15, -0.1) is 0 Å². The van der Waals surface area contributed by atoms with Crippen molar-refractivity contribution in [3.8, 4) is 11.5 Å². The average molecular weight is 256 g/mol. The van der Waals surface area contributed by atoms with Crippen molar-refractivity contribution in [3.05, 3.63) is 24.2 Å². The quantitative estimate of drug-likeness (QED) is 0.825. The van der Waals surface area contributed by atoms with Crippen molar-refractivity contribution in [1.29, 1.82) is 0 Å². The highest BCUT2D eigenvalue weighted by Crippen LogP contribution is 2.43. The fourth-order valence-corrected chi connectivity index (χ4v) is 3.15. The van der Waals surface area contributed by atoms with Gasteiger partial charge < -0.3 is 9.42 Å². The number of fused-ring (bicyclic) bond motifs is 1. The number of aromatic nitrogens is 3. The first-order valence-electron chi connectivity index (χ1n) is 6.82. The monoisotopic (exact) mass is 256 g/mol. The third kappa shape index (κ3) is 1.72. The van der Waals surface area contributed by atoms with Gasteiger partial charge in [0.05, 0.1) is 5.56 Å². The van der Waals surface area contributed by atoms with Gasteiger partial charge in [0, 0.05) is 19.3 Å². The van der Waals surface area contributed by atoms with Crippen LogP contribution in [0.4, 0.5) is 5.82 Å². The molecule has 2 atom stereocenters. The Balaban J connectivity index is 1.72. The Bertz CT molecular complexity index is 597. The van der Waals surface area contributed by atoms with E-state index in [-0.39, 0.29) is 0 Å². The van der Waals surface area contributed by atoms with Gasteiger partial charge in [-0.25, -0.2) is 4.98 Å². The third-order valence-corrected chi connectivity index (χ3v) is 4.33. The zero-order valence-electron chi connectivity index (χ0n) is 10.9. The molecule has 0 spiro atoms. The topological polar surface area (TPSA) is 55.1 Å². The van der Waals surface area contributed by atoms with Crippen LogP contribution in [0.5, 0.6) is 0 Å². The molecule has 0 aromatic carbocycles. The van der Waals surface area contributed by atoms with Crippen LogP contribution in [0.3, 0.4) is 0 Å². The van der Waals surface area contributed by atoms with Gasteiger partial charge in [0.15, 0.2) is 5.82 Å². The Hall–Kier alpha value is -1.91. The first-order chi connectivity index (χ1) is 9.31. The molecule has 98 valence electrons. The van der Waals surface area contributed by atoms with Crippen LogP contribution in [-0.4, -0.2) is 28.2 Å². The Kier molecular flexibility index (Phi) is 2.33. The summed E-state index contributed by atoms with van der Waals surface area (Å²) in [5.74, 6) is 3.94. The van der Waals surface area contributed by atoms with Crippen LogP contribution in [-0.2, 0) is 0 Å². The van der Waals surface area contributed by atoms with E-state index >= 15 is 0 Å². The number of anilines is 1. The van der Waals surface area contributed by atoms with E-state index in [0.29, 0.717) is 11.7 Å². The lowest BCUT2D eigenvalue weighted by Gasteiger charge is -2.27. The molecule has 5 heteroatoms. The van der Waals surface area contributed by atoms with E-state index in [1.54, 1.807) is 0 Å². The highest BCUT2D eigenvalue weighted by molar-refractivity contribution is 5.70. The second kappa shape index (κ2) is 4.05. The zero-order valence-corrected chi connectivity index (χ0v) is 10.9. The summed E-state index contributed by atoms with van der Waals surface area (Å²) in [6.07, 6.45) is 4.56. The summed E-state index contributed by atoms with van der Waals surface area (Å²) in [4.78, 5) is 11.2. The van der Waals surface area contributed by atoms with Crippen molar-refractivity contribution < 1.29 is 4.52 Å². The molecule has 1 saturated carbocycles. The van der Waals surface area contributed by atoms with Crippen molar-refractivity contribution in [3.63, 3.8) is 0 Å². The molecule has 2 fully saturated rings. The highest BCUT2D eigenvalue weighted by Gasteiger charge is 2.40.